The molecule has 0 unspecified atom stereocenters. The van der Waals surface area contributed by atoms with E-state index in [4.69, 9.17) is 4.74 Å². The molecule has 2 aromatic carbocycles. The summed E-state index contributed by atoms with van der Waals surface area (Å²) in [6.45, 7) is 2.60. The van der Waals surface area contributed by atoms with Crippen molar-refractivity contribution in [1.29, 1.82) is 0 Å². The van der Waals surface area contributed by atoms with Crippen LogP contribution in [0.15, 0.2) is 60.7 Å². The number of hydrogen-bond acceptors (Lipinski definition) is 5. The maximum absolute atomic E-state index is 12.2. The minimum Gasteiger partial charge on any atom is -0.497 e. The first-order valence-corrected chi connectivity index (χ1v) is 8.22. The number of ether oxygens (including phenoxy) is 1. The predicted molar refractivity (Wildman–Crippen MR) is 101 cm³/mol. The third-order valence-electron chi connectivity index (χ3n) is 3.85. The van der Waals surface area contributed by atoms with E-state index in [2.05, 4.69) is 20.8 Å². The van der Waals surface area contributed by atoms with E-state index in [1.54, 1.807) is 31.4 Å². The van der Waals surface area contributed by atoms with Gasteiger partial charge >= 0.3 is 0 Å². The van der Waals surface area contributed by atoms with Gasteiger partial charge in [-0.05, 0) is 48.9 Å². The highest BCUT2D eigenvalue weighted by molar-refractivity contribution is 6.03. The van der Waals surface area contributed by atoms with Crippen LogP contribution in [0.1, 0.15) is 21.5 Å². The van der Waals surface area contributed by atoms with Crippen molar-refractivity contribution in [3.05, 3.63) is 77.4 Å². The third-order valence-corrected chi connectivity index (χ3v) is 3.85. The number of carbonyl (C=O) groups excluding carboxylic acids is 1. The van der Waals surface area contributed by atoms with Crippen molar-refractivity contribution in [3.8, 4) is 5.75 Å². The van der Waals surface area contributed by atoms with Gasteiger partial charge in [0.15, 0.2) is 5.82 Å². The van der Waals surface area contributed by atoms with Crippen LogP contribution in [0.5, 0.6) is 5.75 Å². The largest absolute Gasteiger partial charge is 0.497 e. The standard InChI is InChI=1S/C20H20N4O2/c1-14-3-7-16(8-4-14)20(25)22-19-12-11-18(23-24-19)21-13-15-5-9-17(26-2)10-6-15/h3-12H,13H2,1-2H3,(H,21,23)(H,22,24,25). The van der Waals surface area contributed by atoms with Gasteiger partial charge < -0.3 is 15.4 Å². The molecular weight excluding hydrogens is 328 g/mol. The lowest BCUT2D eigenvalue weighted by Crippen LogP contribution is -2.13. The Kier molecular flexibility index (Phi) is 5.43. The number of nitrogens with one attached hydrogen (secondary N) is 2. The van der Waals surface area contributed by atoms with Crippen LogP contribution in [-0.4, -0.2) is 23.2 Å². The SMILES string of the molecule is COc1ccc(CNc2ccc(NC(=O)c3ccc(C)cc3)nn2)cc1. The van der Waals surface area contributed by atoms with Crippen molar-refractivity contribution in [2.24, 2.45) is 0 Å². The van der Waals surface area contributed by atoms with Gasteiger partial charge in [-0.15, -0.1) is 10.2 Å². The molecule has 26 heavy (non-hydrogen) atoms. The van der Waals surface area contributed by atoms with Crippen LogP contribution in [0, 0.1) is 6.92 Å². The zero-order valence-corrected chi connectivity index (χ0v) is 14.7. The Bertz CT molecular complexity index is 860. The Morgan fingerprint density at radius 1 is 0.923 bits per heavy atom. The van der Waals surface area contributed by atoms with Crippen molar-refractivity contribution in [2.75, 3.05) is 17.7 Å². The fourth-order valence-corrected chi connectivity index (χ4v) is 2.32. The number of hydrogen-bond donors (Lipinski definition) is 2. The highest BCUT2D eigenvalue weighted by Gasteiger charge is 2.07. The number of rotatable bonds is 6. The Balaban J connectivity index is 1.55. The highest BCUT2D eigenvalue weighted by Crippen LogP contribution is 2.13. The lowest BCUT2D eigenvalue weighted by atomic mass is 10.1. The van der Waals surface area contributed by atoms with Gasteiger partial charge in [-0.2, -0.15) is 0 Å². The van der Waals surface area contributed by atoms with Crippen LogP contribution in [0.4, 0.5) is 11.6 Å². The van der Waals surface area contributed by atoms with E-state index in [9.17, 15) is 4.79 Å². The average molecular weight is 348 g/mol. The molecule has 0 bridgehead atoms. The molecule has 6 nitrogen and oxygen atoms in total. The zero-order valence-electron chi connectivity index (χ0n) is 14.7. The second-order valence-corrected chi connectivity index (χ2v) is 5.83. The fourth-order valence-electron chi connectivity index (χ4n) is 2.32. The minimum atomic E-state index is -0.210. The average Bonchev–Trinajstić information content (AvgIpc) is 2.68. The molecule has 0 aliphatic heterocycles. The molecular formula is C20H20N4O2. The van der Waals surface area contributed by atoms with Crippen LogP contribution >= 0.6 is 0 Å². The van der Waals surface area contributed by atoms with Gasteiger partial charge in [0.1, 0.15) is 11.6 Å². The van der Waals surface area contributed by atoms with Crippen molar-refractivity contribution in [3.63, 3.8) is 0 Å². The third kappa shape index (κ3) is 4.57. The predicted octanol–water partition coefficient (Wildman–Crippen LogP) is 3.66. The molecule has 0 saturated carbocycles. The second kappa shape index (κ2) is 8.11. The molecule has 0 atom stereocenters. The second-order valence-electron chi connectivity index (χ2n) is 5.83. The number of carbonyl (C=O) groups is 1. The number of benzene rings is 2. The van der Waals surface area contributed by atoms with Crippen molar-refractivity contribution < 1.29 is 9.53 Å². The summed E-state index contributed by atoms with van der Waals surface area (Å²) >= 11 is 0. The molecule has 1 amide bonds. The lowest BCUT2D eigenvalue weighted by Gasteiger charge is -2.08. The van der Waals surface area contributed by atoms with E-state index in [-0.39, 0.29) is 5.91 Å². The normalized spacial score (nSPS) is 10.2. The Morgan fingerprint density at radius 3 is 2.19 bits per heavy atom. The maximum atomic E-state index is 12.2. The van der Waals surface area contributed by atoms with Crippen molar-refractivity contribution >= 4 is 17.5 Å². The van der Waals surface area contributed by atoms with Gasteiger partial charge in [0, 0.05) is 12.1 Å². The summed E-state index contributed by atoms with van der Waals surface area (Å²) < 4.78 is 5.14. The molecule has 0 saturated heterocycles. The van der Waals surface area contributed by atoms with Gasteiger partial charge in [-0.3, -0.25) is 4.79 Å². The Labute approximate surface area is 152 Å². The summed E-state index contributed by atoms with van der Waals surface area (Å²) in [5, 5.41) is 14.1. The van der Waals surface area contributed by atoms with Crippen LogP contribution < -0.4 is 15.4 Å². The summed E-state index contributed by atoms with van der Waals surface area (Å²) in [6, 6.07) is 18.6. The van der Waals surface area contributed by atoms with Crippen LogP contribution in [0.3, 0.4) is 0 Å². The van der Waals surface area contributed by atoms with Crippen LogP contribution in [-0.2, 0) is 6.54 Å². The van der Waals surface area contributed by atoms with Crippen molar-refractivity contribution in [1.82, 2.24) is 10.2 Å². The molecule has 132 valence electrons. The molecule has 1 aromatic heterocycles. The molecule has 0 spiro atoms. The molecule has 0 fully saturated rings. The van der Waals surface area contributed by atoms with E-state index < -0.39 is 0 Å². The maximum Gasteiger partial charge on any atom is 0.256 e. The number of anilines is 2. The number of aromatic nitrogens is 2. The van der Waals surface area contributed by atoms with E-state index in [0.717, 1.165) is 16.9 Å². The number of nitrogens with zero attached hydrogens (tertiary/aromatic N) is 2. The molecule has 3 aromatic rings. The molecule has 0 aliphatic rings. The van der Waals surface area contributed by atoms with E-state index in [0.29, 0.717) is 23.7 Å². The monoisotopic (exact) mass is 348 g/mol. The van der Waals surface area contributed by atoms with Gasteiger partial charge in [0.05, 0.1) is 7.11 Å². The smallest absolute Gasteiger partial charge is 0.256 e. The highest BCUT2D eigenvalue weighted by atomic mass is 16.5. The van der Waals surface area contributed by atoms with Gasteiger partial charge in [-0.25, -0.2) is 0 Å². The number of methoxy groups -OCH3 is 1. The van der Waals surface area contributed by atoms with E-state index in [1.807, 2.05) is 43.3 Å². The fraction of sp³-hybridized carbons (Fsp3) is 0.150. The molecule has 2 N–H and O–H groups in total. The topological polar surface area (TPSA) is 76.1 Å². The number of aryl methyl sites for hydroxylation is 1. The van der Waals surface area contributed by atoms with Crippen molar-refractivity contribution in [2.45, 2.75) is 13.5 Å². The van der Waals surface area contributed by atoms with Crippen LogP contribution in [0.2, 0.25) is 0 Å². The molecule has 3 rings (SSSR count). The first-order valence-electron chi connectivity index (χ1n) is 8.22. The quantitative estimate of drug-likeness (QED) is 0.711. The van der Waals surface area contributed by atoms with Gasteiger partial charge in [0.2, 0.25) is 0 Å². The van der Waals surface area contributed by atoms with Gasteiger partial charge in [-0.1, -0.05) is 29.8 Å². The molecule has 6 heteroatoms. The summed E-state index contributed by atoms with van der Waals surface area (Å²) in [4.78, 5) is 12.2. The Hall–Kier alpha value is -3.41. The first-order chi connectivity index (χ1) is 12.6. The first kappa shape index (κ1) is 17.4. The molecule has 0 radical (unpaired) electrons. The summed E-state index contributed by atoms with van der Waals surface area (Å²) in [5.74, 6) is 1.65. The number of amides is 1. The van der Waals surface area contributed by atoms with E-state index in [1.165, 1.54) is 0 Å². The molecule has 0 aliphatic carbocycles. The molecule has 1 heterocycles. The van der Waals surface area contributed by atoms with Crippen LogP contribution in [0.25, 0.3) is 0 Å². The zero-order chi connectivity index (χ0) is 18.4. The lowest BCUT2D eigenvalue weighted by molar-refractivity contribution is 0.102. The minimum absolute atomic E-state index is 0.210. The van der Waals surface area contributed by atoms with Gasteiger partial charge in [0.25, 0.3) is 5.91 Å². The van der Waals surface area contributed by atoms with E-state index >= 15 is 0 Å². The summed E-state index contributed by atoms with van der Waals surface area (Å²) in [6.07, 6.45) is 0. The summed E-state index contributed by atoms with van der Waals surface area (Å²) in [7, 11) is 1.64. The Morgan fingerprint density at radius 2 is 1.58 bits per heavy atom. The summed E-state index contributed by atoms with van der Waals surface area (Å²) in [5.41, 5.74) is 2.79.